The van der Waals surface area contributed by atoms with E-state index < -0.39 is 0 Å². The molecule has 2 N–H and O–H groups in total. The molecule has 1 aromatic heterocycles. The predicted molar refractivity (Wildman–Crippen MR) is 138 cm³/mol. The van der Waals surface area contributed by atoms with Gasteiger partial charge in [0.25, 0.3) is 5.56 Å². The number of carbonyl (C=O) groups is 1. The van der Waals surface area contributed by atoms with Gasteiger partial charge in [0, 0.05) is 23.3 Å². The number of ether oxygens (including phenoxy) is 2. The lowest BCUT2D eigenvalue weighted by Crippen LogP contribution is -2.35. The molecule has 7 nitrogen and oxygen atoms in total. The summed E-state index contributed by atoms with van der Waals surface area (Å²) in [6.45, 7) is 2.56. The number of benzene rings is 3. The molecule has 0 aliphatic carbocycles. The highest BCUT2D eigenvalue weighted by Crippen LogP contribution is 2.20. The minimum Gasteiger partial charge on any atom is -0.497 e. The molecule has 1 heterocycles. The third-order valence-corrected chi connectivity index (χ3v) is 5.92. The van der Waals surface area contributed by atoms with Crippen molar-refractivity contribution < 1.29 is 14.3 Å². The molecule has 180 valence electrons. The molecule has 35 heavy (non-hydrogen) atoms. The Morgan fingerprint density at radius 2 is 1.49 bits per heavy atom. The Morgan fingerprint density at radius 3 is 2.11 bits per heavy atom. The van der Waals surface area contributed by atoms with Crippen molar-refractivity contribution in [1.82, 2.24) is 9.88 Å². The lowest BCUT2D eigenvalue weighted by molar-refractivity contribution is 0.206. The van der Waals surface area contributed by atoms with Crippen LogP contribution >= 0.6 is 0 Å². The first-order chi connectivity index (χ1) is 17.0. The Labute approximate surface area is 204 Å². The van der Waals surface area contributed by atoms with Crippen LogP contribution in [-0.4, -0.2) is 30.1 Å². The van der Waals surface area contributed by atoms with Gasteiger partial charge in [0.05, 0.1) is 20.8 Å². The van der Waals surface area contributed by atoms with E-state index in [0.717, 1.165) is 28.6 Å². The maximum absolute atomic E-state index is 13.3. The van der Waals surface area contributed by atoms with Gasteiger partial charge in [-0.05, 0) is 77.5 Å². The standard InChI is InChI=1S/C28H29N3O4/c1-4-19-7-14-26-21(15-19)16-22(27(32)30-26)18-31(17-20-5-10-24(34-2)11-6-20)28(33)29-23-8-12-25(35-3)13-9-23/h5-16H,4,17-18H2,1-3H3,(H,29,33)(H,30,32). The Hall–Kier alpha value is -4.26. The Morgan fingerprint density at radius 1 is 0.857 bits per heavy atom. The Balaban J connectivity index is 1.63. The van der Waals surface area contributed by atoms with Crippen molar-refractivity contribution in [2.45, 2.75) is 26.4 Å². The largest absolute Gasteiger partial charge is 0.497 e. The monoisotopic (exact) mass is 471 g/mol. The topological polar surface area (TPSA) is 83.7 Å². The van der Waals surface area contributed by atoms with Crippen LogP contribution in [-0.2, 0) is 19.5 Å². The van der Waals surface area contributed by atoms with Gasteiger partial charge in [0.2, 0.25) is 0 Å². The van der Waals surface area contributed by atoms with Crippen molar-refractivity contribution in [3.8, 4) is 11.5 Å². The third kappa shape index (κ3) is 5.81. The summed E-state index contributed by atoms with van der Waals surface area (Å²) in [5, 5.41) is 3.87. The van der Waals surface area contributed by atoms with Crippen LogP contribution in [0.1, 0.15) is 23.6 Å². The number of hydrogen-bond acceptors (Lipinski definition) is 4. The van der Waals surface area contributed by atoms with Crippen LogP contribution in [0.15, 0.2) is 77.6 Å². The summed E-state index contributed by atoms with van der Waals surface area (Å²) in [5.74, 6) is 1.44. The van der Waals surface area contributed by atoms with Gasteiger partial charge in [-0.25, -0.2) is 4.79 Å². The van der Waals surface area contributed by atoms with Crippen LogP contribution in [0.2, 0.25) is 0 Å². The molecule has 0 saturated carbocycles. The molecule has 0 fully saturated rings. The van der Waals surface area contributed by atoms with Crippen molar-refractivity contribution in [2.24, 2.45) is 0 Å². The van der Waals surface area contributed by atoms with E-state index in [1.54, 1.807) is 43.4 Å². The summed E-state index contributed by atoms with van der Waals surface area (Å²) < 4.78 is 10.4. The molecule has 0 bridgehead atoms. The molecule has 0 spiro atoms. The number of methoxy groups -OCH3 is 2. The average molecular weight is 472 g/mol. The molecule has 0 aliphatic heterocycles. The van der Waals surface area contributed by atoms with Gasteiger partial charge in [-0.3, -0.25) is 4.79 Å². The normalized spacial score (nSPS) is 10.7. The van der Waals surface area contributed by atoms with Crippen LogP contribution in [0.4, 0.5) is 10.5 Å². The van der Waals surface area contributed by atoms with Crippen LogP contribution in [0.5, 0.6) is 11.5 Å². The summed E-state index contributed by atoms with van der Waals surface area (Å²) in [6, 6.07) is 22.2. The van der Waals surface area contributed by atoms with E-state index in [0.29, 0.717) is 23.5 Å². The van der Waals surface area contributed by atoms with E-state index in [9.17, 15) is 9.59 Å². The van der Waals surface area contributed by atoms with Gasteiger partial charge < -0.3 is 24.7 Å². The number of urea groups is 1. The molecule has 0 radical (unpaired) electrons. The van der Waals surface area contributed by atoms with Crippen molar-refractivity contribution in [3.63, 3.8) is 0 Å². The van der Waals surface area contributed by atoms with Gasteiger partial charge in [-0.15, -0.1) is 0 Å². The number of rotatable bonds is 8. The molecule has 0 saturated heterocycles. The van der Waals surface area contributed by atoms with Crippen molar-refractivity contribution in [2.75, 3.05) is 19.5 Å². The van der Waals surface area contributed by atoms with E-state index in [2.05, 4.69) is 23.3 Å². The molecule has 0 aliphatic rings. The lowest BCUT2D eigenvalue weighted by Gasteiger charge is -2.23. The summed E-state index contributed by atoms with van der Waals surface area (Å²) in [6.07, 6.45) is 0.901. The predicted octanol–water partition coefficient (Wildman–Crippen LogP) is 5.34. The summed E-state index contributed by atoms with van der Waals surface area (Å²) in [7, 11) is 3.20. The van der Waals surface area contributed by atoms with E-state index >= 15 is 0 Å². The average Bonchev–Trinajstić information content (AvgIpc) is 2.89. The van der Waals surface area contributed by atoms with Crippen LogP contribution in [0, 0.1) is 0 Å². The maximum Gasteiger partial charge on any atom is 0.322 e. The molecule has 0 unspecified atom stereocenters. The van der Waals surface area contributed by atoms with Gasteiger partial charge >= 0.3 is 6.03 Å². The minimum atomic E-state index is -0.312. The van der Waals surface area contributed by atoms with Gasteiger partial charge in [-0.2, -0.15) is 0 Å². The highest BCUT2D eigenvalue weighted by atomic mass is 16.5. The second kappa shape index (κ2) is 10.8. The zero-order valence-electron chi connectivity index (χ0n) is 20.1. The van der Waals surface area contributed by atoms with Crippen LogP contribution < -0.4 is 20.3 Å². The quantitative estimate of drug-likeness (QED) is 0.363. The van der Waals surface area contributed by atoms with E-state index in [4.69, 9.17) is 9.47 Å². The minimum absolute atomic E-state index is 0.148. The van der Waals surface area contributed by atoms with E-state index in [1.807, 2.05) is 42.5 Å². The number of nitrogens with one attached hydrogen (secondary N) is 2. The molecule has 7 heteroatoms. The van der Waals surface area contributed by atoms with Gasteiger partial charge in [0.1, 0.15) is 11.5 Å². The van der Waals surface area contributed by atoms with Crippen molar-refractivity contribution >= 4 is 22.6 Å². The number of H-pyrrole nitrogens is 1. The maximum atomic E-state index is 13.3. The fourth-order valence-corrected chi connectivity index (χ4v) is 3.87. The molecule has 4 rings (SSSR count). The van der Waals surface area contributed by atoms with Gasteiger partial charge in [-0.1, -0.05) is 25.1 Å². The number of aromatic amines is 1. The van der Waals surface area contributed by atoms with Crippen LogP contribution in [0.25, 0.3) is 10.9 Å². The second-order valence-corrected chi connectivity index (χ2v) is 8.26. The third-order valence-electron chi connectivity index (χ3n) is 5.92. The molecule has 0 atom stereocenters. The number of aryl methyl sites for hydroxylation is 1. The first-order valence-electron chi connectivity index (χ1n) is 11.5. The van der Waals surface area contributed by atoms with Gasteiger partial charge in [0.15, 0.2) is 0 Å². The molecule has 4 aromatic rings. The first-order valence-corrected chi connectivity index (χ1v) is 11.5. The number of carbonyl (C=O) groups excluding carboxylic acids is 1. The first kappa shape index (κ1) is 23.9. The Kier molecular flexibility index (Phi) is 7.35. The van der Waals surface area contributed by atoms with Crippen molar-refractivity contribution in [1.29, 1.82) is 0 Å². The number of hydrogen-bond donors (Lipinski definition) is 2. The smallest absolute Gasteiger partial charge is 0.322 e. The number of pyridine rings is 1. The van der Waals surface area contributed by atoms with E-state index in [-0.39, 0.29) is 18.1 Å². The highest BCUT2D eigenvalue weighted by molar-refractivity contribution is 5.89. The summed E-state index contributed by atoms with van der Waals surface area (Å²) in [5.41, 5.74) is 3.82. The zero-order chi connectivity index (χ0) is 24.8. The van der Waals surface area contributed by atoms with Crippen LogP contribution in [0.3, 0.4) is 0 Å². The highest BCUT2D eigenvalue weighted by Gasteiger charge is 2.17. The van der Waals surface area contributed by atoms with E-state index in [1.165, 1.54) is 5.56 Å². The second-order valence-electron chi connectivity index (χ2n) is 8.26. The fraction of sp³-hybridized carbons (Fsp3) is 0.214. The summed E-state index contributed by atoms with van der Waals surface area (Å²) in [4.78, 5) is 30.8. The molecule has 2 amide bonds. The Bertz CT molecular complexity index is 1360. The number of fused-ring (bicyclic) bond motifs is 1. The zero-order valence-corrected chi connectivity index (χ0v) is 20.1. The summed E-state index contributed by atoms with van der Waals surface area (Å²) >= 11 is 0. The number of nitrogens with zero attached hydrogens (tertiary/aromatic N) is 1. The number of aromatic nitrogens is 1. The van der Waals surface area contributed by atoms with Crippen molar-refractivity contribution in [3.05, 3.63) is 99.8 Å². The number of anilines is 1. The SMILES string of the molecule is CCc1ccc2[nH]c(=O)c(CN(Cc3ccc(OC)cc3)C(=O)Nc3ccc(OC)cc3)cc2c1. The lowest BCUT2D eigenvalue weighted by atomic mass is 10.1. The number of amides is 2. The fourth-order valence-electron chi connectivity index (χ4n) is 3.87. The molecular formula is C28H29N3O4. The molecule has 3 aromatic carbocycles. The molecular weight excluding hydrogens is 442 g/mol.